The van der Waals surface area contributed by atoms with Crippen molar-refractivity contribution in [1.29, 1.82) is 0 Å². The average molecular weight is 430 g/mol. The van der Waals surface area contributed by atoms with Crippen molar-refractivity contribution < 1.29 is 13.5 Å². The summed E-state index contributed by atoms with van der Waals surface area (Å²) < 4.78 is 33.3. The van der Waals surface area contributed by atoms with Crippen molar-refractivity contribution in [3.05, 3.63) is 77.1 Å². The van der Waals surface area contributed by atoms with Crippen molar-refractivity contribution in [3.63, 3.8) is 0 Å². The molecule has 4 rings (SSSR count). The number of hydrogen-bond acceptors (Lipinski definition) is 5. The van der Waals surface area contributed by atoms with E-state index in [2.05, 4.69) is 39.8 Å². The predicted molar refractivity (Wildman–Crippen MR) is 117 cm³/mol. The molecule has 0 aromatic heterocycles. The van der Waals surface area contributed by atoms with E-state index in [0.29, 0.717) is 18.6 Å². The molecule has 4 nitrogen and oxygen atoms in total. The van der Waals surface area contributed by atoms with Gasteiger partial charge in [-0.05, 0) is 31.0 Å². The lowest BCUT2D eigenvalue weighted by Gasteiger charge is -2.38. The third-order valence-corrected chi connectivity index (χ3v) is 5.78. The van der Waals surface area contributed by atoms with Gasteiger partial charge in [0.15, 0.2) is 11.6 Å². The van der Waals surface area contributed by atoms with E-state index < -0.39 is 11.6 Å². The molecule has 2 aliphatic rings. The number of nitrogens with zero attached hydrogens (tertiary/aromatic N) is 1. The standard InChI is InChI=1S/C23H25F2N3OS/c24-18-10-17-11-20(14-29-23(17)21(25)12-18)28-19(13-27-22(28)15-30)7-9-26-8-6-16-4-2-1-3-5-16/h1-5,10,12-13,15,20,22,26-27H,6-9,11,14H2/t20?,22-/m1/s1. The lowest BCUT2D eigenvalue weighted by molar-refractivity contribution is 0.133. The zero-order chi connectivity index (χ0) is 20.9. The van der Waals surface area contributed by atoms with Gasteiger partial charge in [-0.15, -0.1) is 0 Å². The number of nitrogens with one attached hydrogen (secondary N) is 2. The van der Waals surface area contributed by atoms with Crippen molar-refractivity contribution in [1.82, 2.24) is 15.5 Å². The molecule has 0 bridgehead atoms. The van der Waals surface area contributed by atoms with Crippen molar-refractivity contribution in [3.8, 4) is 5.75 Å². The van der Waals surface area contributed by atoms with Crippen LogP contribution < -0.4 is 15.4 Å². The van der Waals surface area contributed by atoms with Crippen LogP contribution >= 0.6 is 12.2 Å². The number of benzene rings is 2. The second-order valence-corrected chi connectivity index (χ2v) is 7.84. The molecule has 0 radical (unpaired) electrons. The molecule has 2 aromatic rings. The molecule has 0 saturated carbocycles. The molecule has 0 aliphatic carbocycles. The van der Waals surface area contributed by atoms with Crippen LogP contribution in [-0.4, -0.2) is 42.2 Å². The SMILES string of the molecule is Fc1cc(F)c2c(c1)CC(N1C(CCNCCc3ccccc3)=CN[C@H]1C=S)CO2. The molecule has 2 aromatic carbocycles. The summed E-state index contributed by atoms with van der Waals surface area (Å²) in [4.78, 5) is 2.18. The van der Waals surface area contributed by atoms with Crippen molar-refractivity contribution in [2.45, 2.75) is 31.5 Å². The molecule has 158 valence electrons. The summed E-state index contributed by atoms with van der Waals surface area (Å²) >= 11 is 5.20. The molecule has 7 heteroatoms. The highest BCUT2D eigenvalue weighted by Gasteiger charge is 2.34. The van der Waals surface area contributed by atoms with E-state index in [1.54, 1.807) is 5.37 Å². The molecule has 2 aliphatic heterocycles. The third kappa shape index (κ3) is 4.63. The van der Waals surface area contributed by atoms with Gasteiger partial charge in [-0.1, -0.05) is 42.5 Å². The number of rotatable bonds is 8. The largest absolute Gasteiger partial charge is 0.488 e. The van der Waals surface area contributed by atoms with Gasteiger partial charge in [0.05, 0.1) is 6.04 Å². The first kappa shape index (κ1) is 20.8. The minimum absolute atomic E-state index is 0.0477. The Hall–Kier alpha value is -2.51. The van der Waals surface area contributed by atoms with E-state index >= 15 is 0 Å². The van der Waals surface area contributed by atoms with Crippen LogP contribution in [0.5, 0.6) is 5.75 Å². The topological polar surface area (TPSA) is 36.5 Å². The van der Waals surface area contributed by atoms with Gasteiger partial charge in [0.2, 0.25) is 0 Å². The molecule has 2 N–H and O–H groups in total. The van der Waals surface area contributed by atoms with Gasteiger partial charge in [-0.3, -0.25) is 0 Å². The minimum Gasteiger partial charge on any atom is -0.488 e. The molecule has 1 unspecified atom stereocenters. The Kier molecular flexibility index (Phi) is 6.59. The Morgan fingerprint density at radius 1 is 1.17 bits per heavy atom. The second-order valence-electron chi connectivity index (χ2n) is 7.57. The van der Waals surface area contributed by atoms with Crippen molar-refractivity contribution in [2.75, 3.05) is 19.7 Å². The van der Waals surface area contributed by atoms with Crippen LogP contribution in [0.1, 0.15) is 17.5 Å². The van der Waals surface area contributed by atoms with Gasteiger partial charge in [-0.25, -0.2) is 8.78 Å². The van der Waals surface area contributed by atoms with Crippen LogP contribution in [0, 0.1) is 11.6 Å². The Balaban J connectivity index is 1.35. The summed E-state index contributed by atoms with van der Waals surface area (Å²) in [5, 5.41) is 8.45. The first-order chi connectivity index (χ1) is 14.7. The normalized spacial score (nSPS) is 20.2. The van der Waals surface area contributed by atoms with Crippen molar-refractivity contribution in [2.24, 2.45) is 0 Å². The van der Waals surface area contributed by atoms with E-state index in [1.807, 2.05) is 12.3 Å². The summed E-state index contributed by atoms with van der Waals surface area (Å²) in [5.41, 5.74) is 2.98. The zero-order valence-electron chi connectivity index (χ0n) is 16.6. The quantitative estimate of drug-likeness (QED) is 0.496. The van der Waals surface area contributed by atoms with Gasteiger partial charge in [0, 0.05) is 41.9 Å². The predicted octanol–water partition coefficient (Wildman–Crippen LogP) is 3.56. The summed E-state index contributed by atoms with van der Waals surface area (Å²) in [6.45, 7) is 2.06. The fraction of sp³-hybridized carbons (Fsp3) is 0.348. The fourth-order valence-corrected chi connectivity index (χ4v) is 4.31. The van der Waals surface area contributed by atoms with E-state index in [0.717, 1.165) is 37.7 Å². The molecule has 0 saturated heterocycles. The van der Waals surface area contributed by atoms with E-state index in [4.69, 9.17) is 17.0 Å². The Labute approximate surface area is 180 Å². The minimum atomic E-state index is -0.646. The summed E-state index contributed by atoms with van der Waals surface area (Å²) in [6, 6.07) is 12.6. The molecule has 0 amide bonds. The second kappa shape index (κ2) is 9.53. The highest BCUT2D eigenvalue weighted by atomic mass is 32.1. The maximum Gasteiger partial charge on any atom is 0.168 e. The molecule has 30 heavy (non-hydrogen) atoms. The molecule has 2 atom stereocenters. The lowest BCUT2D eigenvalue weighted by atomic mass is 10.00. The number of halogens is 2. The van der Waals surface area contributed by atoms with Crippen LogP contribution in [0.2, 0.25) is 0 Å². The highest BCUT2D eigenvalue weighted by molar-refractivity contribution is 7.79. The monoisotopic (exact) mass is 429 g/mol. The maximum absolute atomic E-state index is 14.0. The molecule has 2 heterocycles. The third-order valence-electron chi connectivity index (χ3n) is 5.53. The van der Waals surface area contributed by atoms with Crippen LogP contribution in [-0.2, 0) is 12.8 Å². The van der Waals surface area contributed by atoms with Gasteiger partial charge >= 0.3 is 0 Å². The first-order valence-electron chi connectivity index (χ1n) is 10.2. The smallest absolute Gasteiger partial charge is 0.168 e. The Bertz CT molecular complexity index is 922. The average Bonchev–Trinajstić information content (AvgIpc) is 3.16. The number of hydrogen-bond donors (Lipinski definition) is 2. The van der Waals surface area contributed by atoms with Crippen LogP contribution in [0.4, 0.5) is 8.78 Å². The highest BCUT2D eigenvalue weighted by Crippen LogP contribution is 2.33. The lowest BCUT2D eigenvalue weighted by Crippen LogP contribution is -2.49. The maximum atomic E-state index is 14.0. The van der Waals surface area contributed by atoms with Gasteiger partial charge in [-0.2, -0.15) is 0 Å². The van der Waals surface area contributed by atoms with Gasteiger partial charge in [0.1, 0.15) is 18.6 Å². The molecule has 0 fully saturated rings. The molecule has 0 spiro atoms. The Morgan fingerprint density at radius 3 is 2.77 bits per heavy atom. The first-order valence-corrected chi connectivity index (χ1v) is 10.7. The number of thiocarbonyl (C=S) groups is 1. The van der Waals surface area contributed by atoms with Crippen LogP contribution in [0.15, 0.2) is 54.4 Å². The van der Waals surface area contributed by atoms with Gasteiger partial charge < -0.3 is 20.3 Å². The number of fused-ring (bicyclic) bond motifs is 1. The van der Waals surface area contributed by atoms with Crippen molar-refractivity contribution >= 4 is 17.6 Å². The summed E-state index contributed by atoms with van der Waals surface area (Å²) in [7, 11) is 0. The fourth-order valence-electron chi connectivity index (χ4n) is 4.10. The molecular weight excluding hydrogens is 404 g/mol. The summed E-state index contributed by atoms with van der Waals surface area (Å²) in [6.07, 6.45) is 4.16. The van der Waals surface area contributed by atoms with Gasteiger partial charge in [0.25, 0.3) is 0 Å². The van der Waals surface area contributed by atoms with E-state index in [9.17, 15) is 8.78 Å². The van der Waals surface area contributed by atoms with E-state index in [1.165, 1.54) is 11.6 Å². The van der Waals surface area contributed by atoms with E-state index in [-0.39, 0.29) is 18.0 Å². The molecular formula is C23H25F2N3OS. The zero-order valence-corrected chi connectivity index (χ0v) is 17.4. The van der Waals surface area contributed by atoms with Crippen LogP contribution in [0.3, 0.4) is 0 Å². The Morgan fingerprint density at radius 2 is 1.97 bits per heavy atom. The number of ether oxygens (including phenoxy) is 1. The summed E-state index contributed by atoms with van der Waals surface area (Å²) in [5.74, 6) is -1.07. The van der Waals surface area contributed by atoms with Crippen LogP contribution in [0.25, 0.3) is 0 Å².